The number of hydrogen-bond donors (Lipinski definition) is 1. The first-order valence-electron chi connectivity index (χ1n) is 7.86. The van der Waals surface area contributed by atoms with E-state index in [1.807, 2.05) is 0 Å². The van der Waals surface area contributed by atoms with E-state index in [-0.39, 0.29) is 0 Å². The molecule has 1 aliphatic heterocycles. The molecule has 2 rings (SSSR count). The van der Waals surface area contributed by atoms with E-state index < -0.39 is 0 Å². The Balaban J connectivity index is 2.01. The highest BCUT2D eigenvalue weighted by molar-refractivity contribution is 5.54. The minimum Gasteiger partial charge on any atom is -0.371 e. The summed E-state index contributed by atoms with van der Waals surface area (Å²) in [6.07, 6.45) is 6.69. The van der Waals surface area contributed by atoms with Crippen LogP contribution in [0.15, 0.2) is 18.2 Å². The van der Waals surface area contributed by atoms with Gasteiger partial charge in [-0.1, -0.05) is 31.9 Å². The molecule has 0 atom stereocenters. The van der Waals surface area contributed by atoms with Crippen molar-refractivity contribution in [2.75, 3.05) is 24.5 Å². The van der Waals surface area contributed by atoms with Crippen LogP contribution in [0.25, 0.3) is 0 Å². The fraction of sp³-hybridized carbons (Fsp3) is 0.647. The molecule has 1 heterocycles. The number of nitrogens with one attached hydrogen (secondary N) is 1. The molecule has 1 aliphatic rings. The summed E-state index contributed by atoms with van der Waals surface area (Å²) >= 11 is 0. The third-order valence-corrected chi connectivity index (χ3v) is 3.96. The number of benzene rings is 1. The molecule has 0 radical (unpaired) electrons. The van der Waals surface area contributed by atoms with Gasteiger partial charge in [0.05, 0.1) is 0 Å². The van der Waals surface area contributed by atoms with Gasteiger partial charge in [0.1, 0.15) is 0 Å². The van der Waals surface area contributed by atoms with Crippen LogP contribution in [0.5, 0.6) is 0 Å². The summed E-state index contributed by atoms with van der Waals surface area (Å²) in [6.45, 7) is 9.02. The van der Waals surface area contributed by atoms with Crippen molar-refractivity contribution >= 4 is 5.69 Å². The third-order valence-electron chi connectivity index (χ3n) is 3.96. The lowest BCUT2D eigenvalue weighted by atomic mass is 10.1. The molecule has 0 amide bonds. The Hall–Kier alpha value is -1.02. The van der Waals surface area contributed by atoms with Gasteiger partial charge in [-0.2, -0.15) is 0 Å². The Morgan fingerprint density at radius 2 is 1.84 bits per heavy atom. The highest BCUT2D eigenvalue weighted by atomic mass is 15.1. The van der Waals surface area contributed by atoms with Gasteiger partial charge >= 0.3 is 0 Å². The predicted molar refractivity (Wildman–Crippen MR) is 83.9 cm³/mol. The summed E-state index contributed by atoms with van der Waals surface area (Å²) < 4.78 is 0. The van der Waals surface area contributed by atoms with Gasteiger partial charge in [-0.3, -0.25) is 0 Å². The predicted octanol–water partition coefficient (Wildman–Crippen LogP) is 3.88. The molecule has 19 heavy (non-hydrogen) atoms. The molecule has 0 spiro atoms. The van der Waals surface area contributed by atoms with E-state index in [0.717, 1.165) is 13.1 Å². The second kappa shape index (κ2) is 7.54. The summed E-state index contributed by atoms with van der Waals surface area (Å²) in [5, 5.41) is 3.47. The fourth-order valence-electron chi connectivity index (χ4n) is 2.90. The highest BCUT2D eigenvalue weighted by Gasteiger charge is 2.11. The molecule has 2 heteroatoms. The third kappa shape index (κ3) is 4.24. The largest absolute Gasteiger partial charge is 0.371 e. The van der Waals surface area contributed by atoms with E-state index in [4.69, 9.17) is 0 Å². The SMILES string of the molecule is CCCNCc1ccc(N2CCCCCC2)c(C)c1. The Morgan fingerprint density at radius 3 is 2.47 bits per heavy atom. The molecule has 1 aromatic rings. The van der Waals surface area contributed by atoms with Crippen LogP contribution in [0, 0.1) is 6.92 Å². The second-order valence-electron chi connectivity index (χ2n) is 5.70. The molecule has 0 saturated carbocycles. The van der Waals surface area contributed by atoms with E-state index >= 15 is 0 Å². The zero-order valence-electron chi connectivity index (χ0n) is 12.5. The van der Waals surface area contributed by atoms with Crippen LogP contribution in [0.1, 0.15) is 50.2 Å². The smallest absolute Gasteiger partial charge is 0.0396 e. The van der Waals surface area contributed by atoms with Crippen LogP contribution in [0.3, 0.4) is 0 Å². The molecule has 1 fully saturated rings. The zero-order chi connectivity index (χ0) is 13.5. The molecule has 0 bridgehead atoms. The monoisotopic (exact) mass is 260 g/mol. The molecule has 0 aromatic heterocycles. The maximum absolute atomic E-state index is 3.47. The van der Waals surface area contributed by atoms with Crippen LogP contribution in [-0.4, -0.2) is 19.6 Å². The Morgan fingerprint density at radius 1 is 1.11 bits per heavy atom. The van der Waals surface area contributed by atoms with Crippen LogP contribution in [0.4, 0.5) is 5.69 Å². The van der Waals surface area contributed by atoms with Gasteiger partial charge in [-0.05, 0) is 49.9 Å². The lowest BCUT2D eigenvalue weighted by molar-refractivity contribution is 0.675. The van der Waals surface area contributed by atoms with Crippen molar-refractivity contribution in [3.63, 3.8) is 0 Å². The summed E-state index contributed by atoms with van der Waals surface area (Å²) in [4.78, 5) is 2.57. The number of hydrogen-bond acceptors (Lipinski definition) is 2. The van der Waals surface area contributed by atoms with E-state index in [2.05, 4.69) is 42.3 Å². The van der Waals surface area contributed by atoms with Crippen molar-refractivity contribution < 1.29 is 0 Å². The van der Waals surface area contributed by atoms with Gasteiger partial charge < -0.3 is 10.2 Å². The maximum Gasteiger partial charge on any atom is 0.0396 e. The molecular formula is C17H28N2. The van der Waals surface area contributed by atoms with E-state index in [1.54, 1.807) is 0 Å². The summed E-state index contributed by atoms with van der Waals surface area (Å²) in [7, 11) is 0. The molecule has 106 valence electrons. The minimum atomic E-state index is 0.995. The Labute approximate surface area is 118 Å². The molecule has 1 saturated heterocycles. The average Bonchev–Trinajstić information content (AvgIpc) is 2.68. The zero-order valence-corrected chi connectivity index (χ0v) is 12.5. The topological polar surface area (TPSA) is 15.3 Å². The lowest BCUT2D eigenvalue weighted by Crippen LogP contribution is -2.24. The minimum absolute atomic E-state index is 0.995. The first kappa shape index (κ1) is 14.4. The first-order chi connectivity index (χ1) is 9.31. The van der Waals surface area contributed by atoms with E-state index in [0.29, 0.717) is 0 Å². The van der Waals surface area contributed by atoms with E-state index in [1.165, 1.54) is 62.0 Å². The van der Waals surface area contributed by atoms with E-state index in [9.17, 15) is 0 Å². The Bertz CT molecular complexity index is 379. The van der Waals surface area contributed by atoms with Crippen molar-refractivity contribution in [3.05, 3.63) is 29.3 Å². The number of nitrogens with zero attached hydrogens (tertiary/aromatic N) is 1. The highest BCUT2D eigenvalue weighted by Crippen LogP contribution is 2.24. The number of aryl methyl sites for hydroxylation is 1. The van der Waals surface area contributed by atoms with Crippen LogP contribution >= 0.6 is 0 Å². The van der Waals surface area contributed by atoms with Crippen molar-refractivity contribution in [2.24, 2.45) is 0 Å². The first-order valence-corrected chi connectivity index (χ1v) is 7.86. The fourth-order valence-corrected chi connectivity index (χ4v) is 2.90. The summed E-state index contributed by atoms with van der Waals surface area (Å²) in [6, 6.07) is 6.96. The van der Waals surface area contributed by atoms with Crippen molar-refractivity contribution in [2.45, 2.75) is 52.5 Å². The van der Waals surface area contributed by atoms with Gasteiger partial charge in [-0.15, -0.1) is 0 Å². The lowest BCUT2D eigenvalue weighted by Gasteiger charge is -2.25. The van der Waals surface area contributed by atoms with Crippen LogP contribution < -0.4 is 10.2 Å². The second-order valence-corrected chi connectivity index (χ2v) is 5.70. The van der Waals surface area contributed by atoms with Crippen LogP contribution in [-0.2, 0) is 6.54 Å². The van der Waals surface area contributed by atoms with Gasteiger partial charge in [0.25, 0.3) is 0 Å². The van der Waals surface area contributed by atoms with Crippen molar-refractivity contribution in [1.82, 2.24) is 5.32 Å². The standard InChI is InChI=1S/C17H28N2/c1-3-10-18-14-16-8-9-17(15(2)13-16)19-11-6-4-5-7-12-19/h8-9,13,18H,3-7,10-12,14H2,1-2H3. The van der Waals surface area contributed by atoms with Crippen LogP contribution in [0.2, 0.25) is 0 Å². The molecular weight excluding hydrogens is 232 g/mol. The molecule has 2 nitrogen and oxygen atoms in total. The van der Waals surface area contributed by atoms with Gasteiger partial charge in [0.2, 0.25) is 0 Å². The summed E-state index contributed by atoms with van der Waals surface area (Å²) in [5.74, 6) is 0. The van der Waals surface area contributed by atoms with Gasteiger partial charge in [-0.25, -0.2) is 0 Å². The van der Waals surface area contributed by atoms with Gasteiger partial charge in [0.15, 0.2) is 0 Å². The molecule has 1 N–H and O–H groups in total. The number of rotatable bonds is 5. The molecule has 0 aliphatic carbocycles. The van der Waals surface area contributed by atoms with Gasteiger partial charge in [0, 0.05) is 25.3 Å². The Kier molecular flexibility index (Phi) is 5.71. The number of anilines is 1. The average molecular weight is 260 g/mol. The maximum atomic E-state index is 3.47. The van der Waals surface area contributed by atoms with Crippen molar-refractivity contribution in [1.29, 1.82) is 0 Å². The summed E-state index contributed by atoms with van der Waals surface area (Å²) in [5.41, 5.74) is 4.28. The molecule has 1 aromatic carbocycles. The normalized spacial score (nSPS) is 16.4. The van der Waals surface area contributed by atoms with Crippen molar-refractivity contribution in [3.8, 4) is 0 Å². The quantitative estimate of drug-likeness (QED) is 0.808. The molecule has 0 unspecified atom stereocenters.